The smallest absolute Gasteiger partial charge is 0.0396 e. The van der Waals surface area contributed by atoms with Crippen LogP contribution >= 0.6 is 0 Å². The molecule has 0 saturated carbocycles. The number of fused-ring (bicyclic) bond motifs is 1. The fraction of sp³-hybridized carbons (Fsp3) is 0.429. The molecule has 2 heterocycles. The van der Waals surface area contributed by atoms with Crippen LogP contribution in [0.15, 0.2) is 48.5 Å². The van der Waals surface area contributed by atoms with Crippen LogP contribution in [0, 0.1) is 6.92 Å². The van der Waals surface area contributed by atoms with Gasteiger partial charge in [-0.1, -0.05) is 36.4 Å². The molecular formula is C21H27N3. The van der Waals surface area contributed by atoms with E-state index in [1.165, 1.54) is 48.6 Å². The van der Waals surface area contributed by atoms with Crippen molar-refractivity contribution in [1.82, 2.24) is 4.90 Å². The van der Waals surface area contributed by atoms with Crippen LogP contribution in [0.25, 0.3) is 0 Å². The van der Waals surface area contributed by atoms with Crippen LogP contribution in [0.3, 0.4) is 0 Å². The quantitative estimate of drug-likeness (QED) is 0.926. The summed E-state index contributed by atoms with van der Waals surface area (Å²) in [5.74, 6) is 0.676. The van der Waals surface area contributed by atoms with Gasteiger partial charge in [0.2, 0.25) is 0 Å². The highest BCUT2D eigenvalue weighted by Gasteiger charge is 2.23. The highest BCUT2D eigenvalue weighted by molar-refractivity contribution is 5.57. The number of nitrogens with one attached hydrogen (secondary N) is 1. The third kappa shape index (κ3) is 3.13. The first-order chi connectivity index (χ1) is 11.8. The molecule has 1 saturated heterocycles. The Labute approximate surface area is 145 Å². The molecule has 3 nitrogen and oxygen atoms in total. The average Bonchev–Trinajstić information content (AvgIpc) is 3.04. The van der Waals surface area contributed by atoms with Gasteiger partial charge >= 0.3 is 0 Å². The molecule has 0 radical (unpaired) electrons. The summed E-state index contributed by atoms with van der Waals surface area (Å²) in [6.07, 6.45) is 1.26. The van der Waals surface area contributed by atoms with Gasteiger partial charge in [0.1, 0.15) is 0 Å². The Morgan fingerprint density at radius 2 is 1.71 bits per heavy atom. The summed E-state index contributed by atoms with van der Waals surface area (Å²) in [7, 11) is 0. The van der Waals surface area contributed by atoms with Crippen molar-refractivity contribution >= 4 is 11.4 Å². The molecule has 1 atom stereocenters. The van der Waals surface area contributed by atoms with E-state index < -0.39 is 0 Å². The highest BCUT2D eigenvalue weighted by atomic mass is 15.3. The molecule has 1 unspecified atom stereocenters. The van der Waals surface area contributed by atoms with Crippen molar-refractivity contribution in [3.63, 3.8) is 0 Å². The van der Waals surface area contributed by atoms with Gasteiger partial charge < -0.3 is 10.2 Å². The van der Waals surface area contributed by atoms with Gasteiger partial charge in [0, 0.05) is 50.0 Å². The molecule has 3 heteroatoms. The lowest BCUT2D eigenvalue weighted by Crippen LogP contribution is -2.47. The second-order valence-corrected chi connectivity index (χ2v) is 7.07. The van der Waals surface area contributed by atoms with E-state index in [1.807, 2.05) is 0 Å². The summed E-state index contributed by atoms with van der Waals surface area (Å²) in [4.78, 5) is 5.17. The molecule has 0 amide bonds. The first kappa shape index (κ1) is 15.5. The Kier molecular flexibility index (Phi) is 4.44. The second-order valence-electron chi connectivity index (χ2n) is 7.07. The van der Waals surface area contributed by atoms with Crippen LogP contribution in [-0.2, 0) is 0 Å². The fourth-order valence-electron chi connectivity index (χ4n) is 4.08. The summed E-state index contributed by atoms with van der Waals surface area (Å²) in [5.41, 5.74) is 5.65. The predicted molar refractivity (Wildman–Crippen MR) is 102 cm³/mol. The summed E-state index contributed by atoms with van der Waals surface area (Å²) < 4.78 is 0. The summed E-state index contributed by atoms with van der Waals surface area (Å²) in [5, 5.41) is 3.55. The number of aryl methyl sites for hydroxylation is 1. The number of hydrogen-bond acceptors (Lipinski definition) is 3. The van der Waals surface area contributed by atoms with Gasteiger partial charge in [-0.15, -0.1) is 0 Å². The van der Waals surface area contributed by atoms with Gasteiger partial charge in [-0.05, 0) is 43.1 Å². The van der Waals surface area contributed by atoms with E-state index in [9.17, 15) is 0 Å². The fourth-order valence-corrected chi connectivity index (χ4v) is 4.08. The number of rotatable bonds is 4. The zero-order chi connectivity index (χ0) is 16.4. The normalized spacial score (nSPS) is 20.7. The molecule has 24 heavy (non-hydrogen) atoms. The van der Waals surface area contributed by atoms with Crippen LogP contribution in [0.1, 0.15) is 23.5 Å². The third-order valence-corrected chi connectivity index (χ3v) is 5.56. The average molecular weight is 321 g/mol. The Morgan fingerprint density at radius 3 is 2.54 bits per heavy atom. The lowest BCUT2D eigenvalue weighted by atomic mass is 9.97. The topological polar surface area (TPSA) is 18.5 Å². The Balaban J connectivity index is 1.29. The maximum atomic E-state index is 3.55. The molecule has 0 bridgehead atoms. The highest BCUT2D eigenvalue weighted by Crippen LogP contribution is 2.33. The minimum Gasteiger partial charge on any atom is -0.384 e. The maximum Gasteiger partial charge on any atom is 0.0396 e. The van der Waals surface area contributed by atoms with Gasteiger partial charge in [0.05, 0.1) is 0 Å². The summed E-state index contributed by atoms with van der Waals surface area (Å²) >= 11 is 0. The largest absolute Gasteiger partial charge is 0.384 e. The zero-order valence-electron chi connectivity index (χ0n) is 14.5. The number of anilines is 2. The van der Waals surface area contributed by atoms with E-state index >= 15 is 0 Å². The van der Waals surface area contributed by atoms with Gasteiger partial charge in [-0.3, -0.25) is 4.90 Å². The van der Waals surface area contributed by atoms with Crippen molar-refractivity contribution in [1.29, 1.82) is 0 Å². The van der Waals surface area contributed by atoms with E-state index in [0.717, 1.165) is 19.6 Å². The summed E-state index contributed by atoms with van der Waals surface area (Å²) in [6.45, 7) is 9.16. The Bertz CT molecular complexity index is 689. The number of hydrogen-bond donors (Lipinski definition) is 1. The monoisotopic (exact) mass is 321 g/mol. The standard InChI is InChI=1S/C21H27N3/c1-17-6-2-5-9-21(17)24-14-12-23(13-15-24)11-10-18-16-22-20-8-4-3-7-19(18)20/h2-9,18,22H,10-16H2,1H3. The van der Waals surface area contributed by atoms with Crippen LogP contribution in [-0.4, -0.2) is 44.2 Å². The van der Waals surface area contributed by atoms with Gasteiger partial charge in [-0.25, -0.2) is 0 Å². The van der Waals surface area contributed by atoms with Crippen molar-refractivity contribution in [2.75, 3.05) is 49.5 Å². The van der Waals surface area contributed by atoms with E-state index in [2.05, 4.69) is 70.6 Å². The van der Waals surface area contributed by atoms with Crippen molar-refractivity contribution in [2.24, 2.45) is 0 Å². The second kappa shape index (κ2) is 6.86. The van der Waals surface area contributed by atoms with Crippen molar-refractivity contribution in [2.45, 2.75) is 19.3 Å². The first-order valence-electron chi connectivity index (χ1n) is 9.17. The molecule has 0 aromatic heterocycles. The number of benzene rings is 2. The van der Waals surface area contributed by atoms with Gasteiger partial charge in [0.15, 0.2) is 0 Å². The van der Waals surface area contributed by atoms with Gasteiger partial charge in [-0.2, -0.15) is 0 Å². The predicted octanol–water partition coefficient (Wildman–Crippen LogP) is 3.72. The molecule has 2 aromatic rings. The zero-order valence-corrected chi connectivity index (χ0v) is 14.5. The summed E-state index contributed by atoms with van der Waals surface area (Å²) in [6, 6.07) is 17.5. The lowest BCUT2D eigenvalue weighted by Gasteiger charge is -2.37. The van der Waals surface area contributed by atoms with Gasteiger partial charge in [0.25, 0.3) is 0 Å². The Hall–Kier alpha value is -2.00. The third-order valence-electron chi connectivity index (χ3n) is 5.56. The first-order valence-corrected chi connectivity index (χ1v) is 9.17. The number of para-hydroxylation sites is 2. The number of nitrogens with zero attached hydrogens (tertiary/aromatic N) is 2. The molecular weight excluding hydrogens is 294 g/mol. The molecule has 0 spiro atoms. The SMILES string of the molecule is Cc1ccccc1N1CCN(CCC2CNc3ccccc32)CC1. The molecule has 2 aromatic carbocycles. The van der Waals surface area contributed by atoms with E-state index in [0.29, 0.717) is 5.92 Å². The minimum absolute atomic E-state index is 0.676. The molecule has 1 N–H and O–H groups in total. The minimum atomic E-state index is 0.676. The van der Waals surface area contributed by atoms with E-state index in [1.54, 1.807) is 0 Å². The Morgan fingerprint density at radius 1 is 0.958 bits per heavy atom. The van der Waals surface area contributed by atoms with Crippen LogP contribution in [0.4, 0.5) is 11.4 Å². The molecule has 4 rings (SSSR count). The molecule has 0 aliphatic carbocycles. The van der Waals surface area contributed by atoms with Crippen LogP contribution < -0.4 is 10.2 Å². The number of piperazine rings is 1. The molecule has 2 aliphatic heterocycles. The molecule has 1 fully saturated rings. The maximum absolute atomic E-state index is 3.55. The lowest BCUT2D eigenvalue weighted by molar-refractivity contribution is 0.249. The molecule has 126 valence electrons. The van der Waals surface area contributed by atoms with E-state index in [-0.39, 0.29) is 0 Å². The van der Waals surface area contributed by atoms with E-state index in [4.69, 9.17) is 0 Å². The van der Waals surface area contributed by atoms with Crippen LogP contribution in [0.5, 0.6) is 0 Å². The van der Waals surface area contributed by atoms with Crippen molar-refractivity contribution in [3.8, 4) is 0 Å². The van der Waals surface area contributed by atoms with Crippen molar-refractivity contribution in [3.05, 3.63) is 59.7 Å². The van der Waals surface area contributed by atoms with Crippen molar-refractivity contribution < 1.29 is 0 Å². The molecule has 2 aliphatic rings. The van der Waals surface area contributed by atoms with Crippen LogP contribution in [0.2, 0.25) is 0 Å².